The number of hydrogen-bond donors (Lipinski definition) is 2. The Morgan fingerprint density at radius 1 is 1.27 bits per heavy atom. The van der Waals surface area contributed by atoms with Gasteiger partial charge in [0, 0.05) is 6.54 Å². The summed E-state index contributed by atoms with van der Waals surface area (Å²) in [4.78, 5) is 0. The number of aliphatic hydroxyl groups excluding tert-OH is 1. The van der Waals surface area contributed by atoms with Crippen LogP contribution in [0.2, 0.25) is 0 Å². The van der Waals surface area contributed by atoms with Gasteiger partial charge in [-0.05, 0) is 18.4 Å². The fourth-order valence-electron chi connectivity index (χ4n) is 1.85. The highest BCUT2D eigenvalue weighted by atomic mass is 16.3. The highest BCUT2D eigenvalue weighted by Gasteiger charge is 2.17. The Hall–Kier alpha value is -1.12. The van der Waals surface area contributed by atoms with Gasteiger partial charge >= 0.3 is 0 Å². The molecule has 0 amide bonds. The summed E-state index contributed by atoms with van der Waals surface area (Å²) >= 11 is 0. The lowest BCUT2D eigenvalue weighted by Crippen LogP contribution is -2.39. The summed E-state index contributed by atoms with van der Waals surface area (Å²) in [7, 11) is 0. The number of hydrogen-bond acceptors (Lipinski definition) is 2. The molecule has 0 saturated heterocycles. The average molecular weight is 203 g/mol. The second-order valence-corrected chi connectivity index (χ2v) is 3.97. The molecule has 0 fully saturated rings. The van der Waals surface area contributed by atoms with Crippen LogP contribution in [-0.4, -0.2) is 17.3 Å². The van der Waals surface area contributed by atoms with Crippen LogP contribution in [0.4, 0.5) is 0 Å². The van der Waals surface area contributed by atoms with Crippen LogP contribution in [0.15, 0.2) is 42.5 Å². The van der Waals surface area contributed by atoms with Crippen LogP contribution in [0.3, 0.4) is 0 Å². The summed E-state index contributed by atoms with van der Waals surface area (Å²) in [6.07, 6.45) is 5.82. The second-order valence-electron chi connectivity index (χ2n) is 3.97. The fraction of sp³-hybridized carbons (Fsp3) is 0.385. The second kappa shape index (κ2) is 5.10. The van der Waals surface area contributed by atoms with Crippen LogP contribution in [0.5, 0.6) is 0 Å². The third-order valence-corrected chi connectivity index (χ3v) is 2.77. The quantitative estimate of drug-likeness (QED) is 0.735. The van der Waals surface area contributed by atoms with Crippen molar-refractivity contribution in [3.05, 3.63) is 48.0 Å². The molecular formula is C13H17NO. The van der Waals surface area contributed by atoms with Gasteiger partial charge in [-0.2, -0.15) is 0 Å². The molecule has 2 nitrogen and oxygen atoms in total. The third kappa shape index (κ3) is 2.91. The van der Waals surface area contributed by atoms with E-state index in [0.29, 0.717) is 0 Å². The van der Waals surface area contributed by atoms with Crippen LogP contribution >= 0.6 is 0 Å². The Kier molecular flexibility index (Phi) is 3.54. The van der Waals surface area contributed by atoms with Gasteiger partial charge < -0.3 is 10.4 Å². The van der Waals surface area contributed by atoms with E-state index in [2.05, 4.69) is 29.6 Å². The van der Waals surface area contributed by atoms with E-state index < -0.39 is 0 Å². The monoisotopic (exact) mass is 203 g/mol. The number of nitrogens with one attached hydrogen (secondary N) is 1. The summed E-state index contributed by atoms with van der Waals surface area (Å²) in [6, 6.07) is 10.4. The van der Waals surface area contributed by atoms with Crippen molar-refractivity contribution in [2.45, 2.75) is 31.5 Å². The molecule has 1 aliphatic rings. The Labute approximate surface area is 90.6 Å². The number of rotatable bonds is 3. The summed E-state index contributed by atoms with van der Waals surface area (Å²) < 4.78 is 0. The Balaban J connectivity index is 1.87. The molecule has 0 aromatic heterocycles. The lowest BCUT2D eigenvalue weighted by molar-refractivity contribution is 0.131. The molecule has 2 rings (SSSR count). The van der Waals surface area contributed by atoms with Gasteiger partial charge in [-0.3, -0.25) is 0 Å². The van der Waals surface area contributed by atoms with Gasteiger partial charge in [0.25, 0.3) is 0 Å². The van der Waals surface area contributed by atoms with E-state index in [1.807, 2.05) is 18.2 Å². The molecular weight excluding hydrogens is 186 g/mol. The zero-order chi connectivity index (χ0) is 10.5. The van der Waals surface area contributed by atoms with Crippen LogP contribution in [0.1, 0.15) is 18.4 Å². The summed E-state index contributed by atoms with van der Waals surface area (Å²) in [6.45, 7) is 0.812. The van der Waals surface area contributed by atoms with Crippen molar-refractivity contribution in [2.75, 3.05) is 0 Å². The van der Waals surface area contributed by atoms with E-state index in [1.54, 1.807) is 0 Å². The molecule has 80 valence electrons. The van der Waals surface area contributed by atoms with Crippen LogP contribution < -0.4 is 5.32 Å². The molecule has 0 radical (unpaired) electrons. The SMILES string of the molecule is OC1CCC=CC1NCc1ccccc1. The van der Waals surface area contributed by atoms with Crippen molar-refractivity contribution in [3.8, 4) is 0 Å². The minimum Gasteiger partial charge on any atom is -0.391 e. The molecule has 2 atom stereocenters. The minimum absolute atomic E-state index is 0.110. The Morgan fingerprint density at radius 3 is 2.80 bits per heavy atom. The van der Waals surface area contributed by atoms with E-state index in [4.69, 9.17) is 0 Å². The zero-order valence-electron chi connectivity index (χ0n) is 8.76. The van der Waals surface area contributed by atoms with Crippen LogP contribution in [-0.2, 0) is 6.54 Å². The standard InChI is InChI=1S/C13H17NO/c15-13-9-5-4-8-12(13)14-10-11-6-2-1-3-7-11/h1-4,6-8,12-15H,5,9-10H2. The molecule has 0 spiro atoms. The molecule has 2 unspecified atom stereocenters. The predicted molar refractivity (Wildman–Crippen MR) is 61.5 cm³/mol. The van der Waals surface area contributed by atoms with Crippen molar-refractivity contribution < 1.29 is 5.11 Å². The predicted octanol–water partition coefficient (Wildman–Crippen LogP) is 1.86. The van der Waals surface area contributed by atoms with E-state index in [1.165, 1.54) is 5.56 Å². The fourth-order valence-corrected chi connectivity index (χ4v) is 1.85. The first-order valence-electron chi connectivity index (χ1n) is 5.48. The van der Waals surface area contributed by atoms with Gasteiger partial charge in [0.2, 0.25) is 0 Å². The first-order valence-corrected chi connectivity index (χ1v) is 5.48. The van der Waals surface area contributed by atoms with Crippen molar-refractivity contribution >= 4 is 0 Å². The maximum atomic E-state index is 9.73. The Morgan fingerprint density at radius 2 is 2.07 bits per heavy atom. The van der Waals surface area contributed by atoms with Gasteiger partial charge in [0.1, 0.15) is 0 Å². The lowest BCUT2D eigenvalue weighted by Gasteiger charge is -2.24. The molecule has 2 heteroatoms. The molecule has 2 N–H and O–H groups in total. The first-order chi connectivity index (χ1) is 7.36. The molecule has 0 aliphatic heterocycles. The average Bonchev–Trinajstić information content (AvgIpc) is 2.29. The van der Waals surface area contributed by atoms with Gasteiger partial charge in [0.05, 0.1) is 12.1 Å². The lowest BCUT2D eigenvalue weighted by atomic mass is 9.99. The van der Waals surface area contributed by atoms with Crippen molar-refractivity contribution in [1.82, 2.24) is 5.32 Å². The largest absolute Gasteiger partial charge is 0.391 e. The molecule has 1 aromatic carbocycles. The van der Waals surface area contributed by atoms with Gasteiger partial charge in [-0.25, -0.2) is 0 Å². The molecule has 1 aromatic rings. The Bertz CT molecular complexity index is 321. The first kappa shape index (κ1) is 10.4. The topological polar surface area (TPSA) is 32.3 Å². The van der Waals surface area contributed by atoms with E-state index >= 15 is 0 Å². The molecule has 0 heterocycles. The number of allylic oxidation sites excluding steroid dienone is 1. The molecule has 0 saturated carbocycles. The van der Waals surface area contributed by atoms with Crippen molar-refractivity contribution in [3.63, 3.8) is 0 Å². The van der Waals surface area contributed by atoms with Gasteiger partial charge in [0.15, 0.2) is 0 Å². The highest BCUT2D eigenvalue weighted by Crippen LogP contribution is 2.12. The third-order valence-electron chi connectivity index (χ3n) is 2.77. The van der Waals surface area contributed by atoms with E-state index in [9.17, 15) is 5.11 Å². The normalized spacial score (nSPS) is 25.4. The number of benzene rings is 1. The van der Waals surface area contributed by atoms with Crippen molar-refractivity contribution in [2.24, 2.45) is 0 Å². The van der Waals surface area contributed by atoms with Gasteiger partial charge in [-0.1, -0.05) is 42.5 Å². The smallest absolute Gasteiger partial charge is 0.0732 e. The molecule has 1 aliphatic carbocycles. The van der Waals surface area contributed by atoms with Gasteiger partial charge in [-0.15, -0.1) is 0 Å². The summed E-state index contributed by atoms with van der Waals surface area (Å²) in [5.74, 6) is 0. The van der Waals surface area contributed by atoms with Crippen LogP contribution in [0.25, 0.3) is 0 Å². The molecule has 0 bridgehead atoms. The van der Waals surface area contributed by atoms with E-state index in [0.717, 1.165) is 19.4 Å². The van der Waals surface area contributed by atoms with Crippen LogP contribution in [0, 0.1) is 0 Å². The highest BCUT2D eigenvalue weighted by molar-refractivity contribution is 5.15. The summed E-state index contributed by atoms with van der Waals surface area (Å²) in [5, 5.41) is 13.1. The number of aliphatic hydroxyl groups is 1. The summed E-state index contributed by atoms with van der Waals surface area (Å²) in [5.41, 5.74) is 1.25. The maximum Gasteiger partial charge on any atom is 0.0732 e. The van der Waals surface area contributed by atoms with Crippen molar-refractivity contribution in [1.29, 1.82) is 0 Å². The molecule has 15 heavy (non-hydrogen) atoms. The minimum atomic E-state index is -0.237. The maximum absolute atomic E-state index is 9.73. The van der Waals surface area contributed by atoms with E-state index in [-0.39, 0.29) is 12.1 Å². The zero-order valence-corrected chi connectivity index (χ0v) is 8.76.